The number of rotatable bonds is 3. The average molecular weight is 269 g/mol. The third-order valence-electron chi connectivity index (χ3n) is 3.56. The fourth-order valence-electron chi connectivity index (χ4n) is 2.44. The predicted molar refractivity (Wildman–Crippen MR) is 79.9 cm³/mol. The first-order valence-electron chi connectivity index (χ1n) is 6.97. The zero-order chi connectivity index (χ0) is 14.4. The van der Waals surface area contributed by atoms with Crippen LogP contribution in [0.5, 0.6) is 0 Å². The Morgan fingerprint density at radius 3 is 2.25 bits per heavy atom. The van der Waals surface area contributed by atoms with Crippen molar-refractivity contribution in [1.29, 1.82) is 5.26 Å². The number of nitrogens with zero attached hydrogens (tertiary/aromatic N) is 2. The summed E-state index contributed by atoms with van der Waals surface area (Å²) in [5.41, 5.74) is 7.11. The van der Waals surface area contributed by atoms with Crippen molar-refractivity contribution in [3.8, 4) is 6.07 Å². The van der Waals surface area contributed by atoms with Gasteiger partial charge in [-0.25, -0.2) is 0 Å². The molecule has 2 N–H and O–H groups in total. The zero-order valence-corrected chi connectivity index (χ0v) is 11.5. The van der Waals surface area contributed by atoms with E-state index < -0.39 is 5.91 Å². The monoisotopic (exact) mass is 269 g/mol. The van der Waals surface area contributed by atoms with E-state index in [4.69, 9.17) is 11.0 Å². The van der Waals surface area contributed by atoms with Crippen molar-refractivity contribution in [1.82, 2.24) is 0 Å². The second-order valence-corrected chi connectivity index (χ2v) is 5.03. The van der Waals surface area contributed by atoms with E-state index in [1.54, 1.807) is 0 Å². The van der Waals surface area contributed by atoms with E-state index in [2.05, 4.69) is 4.90 Å². The molecular formula is C16H19N3O. The molecule has 0 unspecified atom stereocenters. The minimum Gasteiger partial charge on any atom is -0.372 e. The summed E-state index contributed by atoms with van der Waals surface area (Å²) < 4.78 is 0. The summed E-state index contributed by atoms with van der Waals surface area (Å²) in [5, 5.41) is 8.82. The molecule has 0 spiro atoms. The van der Waals surface area contributed by atoms with Crippen LogP contribution in [-0.2, 0) is 4.79 Å². The van der Waals surface area contributed by atoms with E-state index in [0.29, 0.717) is 0 Å². The summed E-state index contributed by atoms with van der Waals surface area (Å²) in [6.07, 6.45) is 6.61. The molecule has 0 aliphatic carbocycles. The van der Waals surface area contributed by atoms with Crippen molar-refractivity contribution in [3.63, 3.8) is 0 Å². The van der Waals surface area contributed by atoms with Crippen LogP contribution < -0.4 is 10.6 Å². The van der Waals surface area contributed by atoms with Gasteiger partial charge in [-0.3, -0.25) is 4.79 Å². The van der Waals surface area contributed by atoms with Gasteiger partial charge in [0, 0.05) is 18.8 Å². The van der Waals surface area contributed by atoms with Gasteiger partial charge in [0.2, 0.25) is 0 Å². The minimum absolute atomic E-state index is 0.0208. The van der Waals surface area contributed by atoms with Crippen molar-refractivity contribution >= 4 is 17.7 Å². The second kappa shape index (κ2) is 6.76. The predicted octanol–water partition coefficient (Wildman–Crippen LogP) is 2.46. The summed E-state index contributed by atoms with van der Waals surface area (Å²) in [4.78, 5) is 13.4. The molecule has 1 amide bonds. The first-order valence-corrected chi connectivity index (χ1v) is 6.97. The van der Waals surface area contributed by atoms with Crippen LogP contribution in [0.25, 0.3) is 6.08 Å². The van der Waals surface area contributed by atoms with Crippen LogP contribution >= 0.6 is 0 Å². The number of anilines is 1. The van der Waals surface area contributed by atoms with E-state index >= 15 is 0 Å². The van der Waals surface area contributed by atoms with Gasteiger partial charge in [-0.2, -0.15) is 5.26 Å². The Hall–Kier alpha value is -2.28. The smallest absolute Gasteiger partial charge is 0.259 e. The van der Waals surface area contributed by atoms with E-state index in [-0.39, 0.29) is 5.57 Å². The standard InChI is InChI=1S/C16H19N3O/c17-12-14(16(18)20)11-13-5-7-15(8-6-13)19-9-3-1-2-4-10-19/h5-8,11H,1-4,9-10H2,(H2,18,20)/b14-11+. The molecule has 1 aromatic rings. The van der Waals surface area contributed by atoms with E-state index in [1.807, 2.05) is 30.3 Å². The molecule has 20 heavy (non-hydrogen) atoms. The lowest BCUT2D eigenvalue weighted by molar-refractivity contribution is -0.114. The van der Waals surface area contributed by atoms with Gasteiger partial charge in [0.25, 0.3) is 5.91 Å². The zero-order valence-electron chi connectivity index (χ0n) is 11.5. The van der Waals surface area contributed by atoms with E-state index in [1.165, 1.54) is 37.4 Å². The molecule has 1 aliphatic heterocycles. The van der Waals surface area contributed by atoms with Gasteiger partial charge in [0.1, 0.15) is 11.6 Å². The lowest BCUT2D eigenvalue weighted by Crippen LogP contribution is -2.23. The molecular weight excluding hydrogens is 250 g/mol. The van der Waals surface area contributed by atoms with Gasteiger partial charge in [-0.05, 0) is 36.6 Å². The maximum absolute atomic E-state index is 11.0. The van der Waals surface area contributed by atoms with Gasteiger partial charge in [0.15, 0.2) is 0 Å². The molecule has 2 rings (SSSR count). The number of carbonyl (C=O) groups excluding carboxylic acids is 1. The Labute approximate surface area is 119 Å². The van der Waals surface area contributed by atoms with E-state index in [0.717, 1.165) is 18.7 Å². The third-order valence-corrected chi connectivity index (χ3v) is 3.56. The Balaban J connectivity index is 2.13. The van der Waals surface area contributed by atoms with Crippen molar-refractivity contribution in [2.45, 2.75) is 25.7 Å². The number of hydrogen-bond donors (Lipinski definition) is 1. The van der Waals surface area contributed by atoms with Crippen LogP contribution in [0.3, 0.4) is 0 Å². The van der Waals surface area contributed by atoms with Crippen LogP contribution in [0.4, 0.5) is 5.69 Å². The SMILES string of the molecule is N#C/C(=C\c1ccc(N2CCCCCC2)cc1)C(N)=O. The molecule has 0 bridgehead atoms. The number of carbonyl (C=O) groups is 1. The summed E-state index contributed by atoms with van der Waals surface area (Å²) >= 11 is 0. The second-order valence-electron chi connectivity index (χ2n) is 5.03. The van der Waals surface area contributed by atoms with Crippen LogP contribution in [-0.4, -0.2) is 19.0 Å². The minimum atomic E-state index is -0.691. The largest absolute Gasteiger partial charge is 0.372 e. The first-order chi connectivity index (χ1) is 9.70. The highest BCUT2D eigenvalue weighted by atomic mass is 16.1. The number of benzene rings is 1. The highest BCUT2D eigenvalue weighted by molar-refractivity contribution is 6.00. The molecule has 0 radical (unpaired) electrons. The third kappa shape index (κ3) is 3.61. The Morgan fingerprint density at radius 1 is 1.15 bits per heavy atom. The number of nitrogens with two attached hydrogens (primary N) is 1. The number of primary amides is 1. The molecule has 1 fully saturated rings. The molecule has 1 aliphatic rings. The van der Waals surface area contributed by atoms with Gasteiger partial charge in [-0.15, -0.1) is 0 Å². The molecule has 0 aromatic heterocycles. The lowest BCUT2D eigenvalue weighted by Gasteiger charge is -2.22. The molecule has 1 saturated heterocycles. The quantitative estimate of drug-likeness (QED) is 0.677. The average Bonchev–Trinajstić information content (AvgIpc) is 2.74. The summed E-state index contributed by atoms with van der Waals surface area (Å²) in [6, 6.07) is 9.72. The molecule has 0 atom stereocenters. The van der Waals surface area contributed by atoms with Crippen LogP contribution in [0, 0.1) is 11.3 Å². The highest BCUT2D eigenvalue weighted by Gasteiger charge is 2.09. The Morgan fingerprint density at radius 2 is 1.75 bits per heavy atom. The summed E-state index contributed by atoms with van der Waals surface area (Å²) in [5.74, 6) is -0.691. The van der Waals surface area contributed by atoms with Gasteiger partial charge < -0.3 is 10.6 Å². The Bertz CT molecular complexity index is 532. The first kappa shape index (κ1) is 14.1. The van der Waals surface area contributed by atoms with E-state index in [9.17, 15) is 4.79 Å². The maximum Gasteiger partial charge on any atom is 0.259 e. The Kier molecular flexibility index (Phi) is 4.78. The fraction of sp³-hybridized carbons (Fsp3) is 0.375. The van der Waals surface area contributed by atoms with Crippen LogP contribution in [0.15, 0.2) is 29.8 Å². The van der Waals surface area contributed by atoms with Crippen molar-refractivity contribution < 1.29 is 4.79 Å². The van der Waals surface area contributed by atoms with Gasteiger partial charge in [-0.1, -0.05) is 25.0 Å². The van der Waals surface area contributed by atoms with Gasteiger partial charge >= 0.3 is 0 Å². The topological polar surface area (TPSA) is 70.1 Å². The highest BCUT2D eigenvalue weighted by Crippen LogP contribution is 2.20. The summed E-state index contributed by atoms with van der Waals surface area (Å²) in [6.45, 7) is 2.19. The number of amides is 1. The summed E-state index contributed by atoms with van der Waals surface area (Å²) in [7, 11) is 0. The van der Waals surface area contributed by atoms with Crippen molar-refractivity contribution in [2.75, 3.05) is 18.0 Å². The van der Waals surface area contributed by atoms with Crippen LogP contribution in [0.1, 0.15) is 31.2 Å². The van der Waals surface area contributed by atoms with Crippen molar-refractivity contribution in [2.24, 2.45) is 5.73 Å². The van der Waals surface area contributed by atoms with Crippen molar-refractivity contribution in [3.05, 3.63) is 35.4 Å². The molecule has 1 aromatic carbocycles. The van der Waals surface area contributed by atoms with Gasteiger partial charge in [0.05, 0.1) is 0 Å². The normalized spacial score (nSPS) is 16.4. The maximum atomic E-state index is 11.0. The lowest BCUT2D eigenvalue weighted by atomic mass is 10.1. The number of nitriles is 1. The van der Waals surface area contributed by atoms with Crippen LogP contribution in [0.2, 0.25) is 0 Å². The number of hydrogen-bond acceptors (Lipinski definition) is 3. The molecule has 0 saturated carbocycles. The molecule has 4 heteroatoms. The molecule has 104 valence electrons. The fourth-order valence-corrected chi connectivity index (χ4v) is 2.44. The molecule has 4 nitrogen and oxygen atoms in total. The molecule has 1 heterocycles.